The van der Waals surface area contributed by atoms with E-state index in [-0.39, 0.29) is 0 Å². The lowest BCUT2D eigenvalue weighted by Gasteiger charge is -2.13. The highest BCUT2D eigenvalue weighted by atomic mass is 16.3. The number of nitrogen functional groups attached to an aromatic ring is 2. The number of anilines is 2. The van der Waals surface area contributed by atoms with Crippen LogP contribution in [0.1, 0.15) is 31.4 Å². The van der Waals surface area contributed by atoms with Crippen molar-refractivity contribution in [1.29, 1.82) is 0 Å². The average Bonchev–Trinajstić information content (AvgIpc) is 2.10. The van der Waals surface area contributed by atoms with Crippen molar-refractivity contribution in [2.45, 2.75) is 25.9 Å². The molecule has 0 aliphatic carbocycles. The molecule has 5 N–H and O–H groups in total. The van der Waals surface area contributed by atoms with E-state index in [4.69, 9.17) is 11.5 Å². The van der Waals surface area contributed by atoms with Crippen LogP contribution in [0, 0.1) is 0 Å². The van der Waals surface area contributed by atoms with Crippen LogP contribution < -0.4 is 11.5 Å². The minimum absolute atomic E-state index is 0.492. The van der Waals surface area contributed by atoms with E-state index >= 15 is 0 Å². The van der Waals surface area contributed by atoms with Crippen molar-refractivity contribution >= 4 is 11.4 Å². The number of aliphatic hydroxyl groups is 1. The van der Waals surface area contributed by atoms with Crippen LogP contribution in [0.4, 0.5) is 11.4 Å². The first-order chi connectivity index (χ1) is 6.16. The average molecular weight is 180 g/mol. The SMILES string of the molecule is CCCC(O)c1cccc(N)c1N. The largest absolute Gasteiger partial charge is 0.397 e. The Bertz CT molecular complexity index is 286. The van der Waals surface area contributed by atoms with Crippen molar-refractivity contribution in [3.63, 3.8) is 0 Å². The molecule has 1 rings (SSSR count). The van der Waals surface area contributed by atoms with E-state index in [0.29, 0.717) is 17.8 Å². The first kappa shape index (κ1) is 9.86. The van der Waals surface area contributed by atoms with Crippen LogP contribution >= 0.6 is 0 Å². The molecule has 13 heavy (non-hydrogen) atoms. The molecule has 3 nitrogen and oxygen atoms in total. The van der Waals surface area contributed by atoms with E-state index in [1.165, 1.54) is 0 Å². The molecule has 0 aliphatic heterocycles. The van der Waals surface area contributed by atoms with Gasteiger partial charge < -0.3 is 16.6 Å². The van der Waals surface area contributed by atoms with E-state index < -0.39 is 6.10 Å². The van der Waals surface area contributed by atoms with Gasteiger partial charge in [0.05, 0.1) is 17.5 Å². The second kappa shape index (κ2) is 4.14. The minimum Gasteiger partial charge on any atom is -0.397 e. The molecule has 1 aromatic carbocycles. The monoisotopic (exact) mass is 180 g/mol. The molecule has 0 saturated heterocycles. The predicted molar refractivity (Wildman–Crippen MR) is 55.1 cm³/mol. The molecule has 1 atom stereocenters. The van der Waals surface area contributed by atoms with E-state index in [2.05, 4.69) is 0 Å². The maximum atomic E-state index is 9.69. The van der Waals surface area contributed by atoms with Gasteiger partial charge in [0.1, 0.15) is 0 Å². The highest BCUT2D eigenvalue weighted by Gasteiger charge is 2.10. The van der Waals surface area contributed by atoms with E-state index in [0.717, 1.165) is 12.0 Å². The number of nitrogens with two attached hydrogens (primary N) is 2. The van der Waals surface area contributed by atoms with Gasteiger partial charge in [0.15, 0.2) is 0 Å². The molecule has 0 aromatic heterocycles. The summed E-state index contributed by atoms with van der Waals surface area (Å²) < 4.78 is 0. The summed E-state index contributed by atoms with van der Waals surface area (Å²) in [5, 5.41) is 9.69. The van der Waals surface area contributed by atoms with Crippen LogP contribution in [0.3, 0.4) is 0 Å². The fraction of sp³-hybridized carbons (Fsp3) is 0.400. The van der Waals surface area contributed by atoms with Gasteiger partial charge in [-0.25, -0.2) is 0 Å². The quantitative estimate of drug-likeness (QED) is 0.620. The topological polar surface area (TPSA) is 72.3 Å². The Hall–Kier alpha value is -1.22. The Kier molecular flexibility index (Phi) is 3.14. The summed E-state index contributed by atoms with van der Waals surface area (Å²) in [7, 11) is 0. The molecule has 0 amide bonds. The van der Waals surface area contributed by atoms with Crippen LogP contribution in [0.15, 0.2) is 18.2 Å². The predicted octanol–water partition coefficient (Wildman–Crippen LogP) is 1.68. The Morgan fingerprint density at radius 3 is 2.69 bits per heavy atom. The minimum atomic E-state index is -0.492. The lowest BCUT2D eigenvalue weighted by atomic mass is 10.0. The maximum Gasteiger partial charge on any atom is 0.0810 e. The third-order valence-electron chi connectivity index (χ3n) is 2.09. The normalized spacial score (nSPS) is 12.8. The zero-order chi connectivity index (χ0) is 9.84. The summed E-state index contributed by atoms with van der Waals surface area (Å²) in [6.45, 7) is 2.02. The summed E-state index contributed by atoms with van der Waals surface area (Å²) in [6.07, 6.45) is 1.15. The second-order valence-electron chi connectivity index (χ2n) is 3.15. The first-order valence-electron chi connectivity index (χ1n) is 4.48. The molecule has 0 heterocycles. The van der Waals surface area contributed by atoms with Crippen molar-refractivity contribution in [3.05, 3.63) is 23.8 Å². The van der Waals surface area contributed by atoms with Crippen LogP contribution in [0.25, 0.3) is 0 Å². The van der Waals surface area contributed by atoms with Crippen molar-refractivity contribution in [3.8, 4) is 0 Å². The van der Waals surface area contributed by atoms with Gasteiger partial charge in [0.2, 0.25) is 0 Å². The first-order valence-corrected chi connectivity index (χ1v) is 4.48. The third kappa shape index (κ3) is 2.12. The number of para-hydroxylation sites is 1. The molecule has 0 saturated carbocycles. The third-order valence-corrected chi connectivity index (χ3v) is 2.09. The molecule has 0 spiro atoms. The molecular weight excluding hydrogens is 164 g/mol. The van der Waals surface area contributed by atoms with Crippen molar-refractivity contribution in [2.24, 2.45) is 0 Å². The summed E-state index contributed by atoms with van der Waals surface area (Å²) in [6, 6.07) is 5.35. The Morgan fingerprint density at radius 2 is 2.08 bits per heavy atom. The number of aliphatic hydroxyl groups excluding tert-OH is 1. The molecule has 1 unspecified atom stereocenters. The van der Waals surface area contributed by atoms with Gasteiger partial charge in [0, 0.05) is 5.56 Å². The van der Waals surface area contributed by atoms with Crippen LogP contribution in [-0.2, 0) is 0 Å². The molecule has 3 heteroatoms. The maximum absolute atomic E-state index is 9.69. The fourth-order valence-electron chi connectivity index (χ4n) is 1.32. The van der Waals surface area contributed by atoms with Gasteiger partial charge in [-0.1, -0.05) is 25.5 Å². The van der Waals surface area contributed by atoms with Crippen LogP contribution in [0.2, 0.25) is 0 Å². The molecule has 0 aliphatic rings. The van der Waals surface area contributed by atoms with E-state index in [1.807, 2.05) is 13.0 Å². The standard InChI is InChI=1S/C10H16N2O/c1-2-4-9(13)7-5-3-6-8(11)10(7)12/h3,5-6,9,13H,2,4,11-12H2,1H3. The fourth-order valence-corrected chi connectivity index (χ4v) is 1.32. The van der Waals surface area contributed by atoms with Crippen molar-refractivity contribution in [1.82, 2.24) is 0 Å². The van der Waals surface area contributed by atoms with E-state index in [9.17, 15) is 5.11 Å². The summed E-state index contributed by atoms with van der Waals surface area (Å²) in [5.74, 6) is 0. The number of hydrogen-bond acceptors (Lipinski definition) is 3. The molecule has 0 bridgehead atoms. The molecule has 1 aromatic rings. The van der Waals surface area contributed by atoms with Gasteiger partial charge >= 0.3 is 0 Å². The Morgan fingerprint density at radius 1 is 1.38 bits per heavy atom. The van der Waals surface area contributed by atoms with E-state index in [1.54, 1.807) is 12.1 Å². The summed E-state index contributed by atoms with van der Waals surface area (Å²) in [4.78, 5) is 0. The second-order valence-corrected chi connectivity index (χ2v) is 3.15. The number of benzene rings is 1. The zero-order valence-corrected chi connectivity index (χ0v) is 7.83. The lowest BCUT2D eigenvalue weighted by molar-refractivity contribution is 0.167. The smallest absolute Gasteiger partial charge is 0.0810 e. The summed E-state index contributed by atoms with van der Waals surface area (Å²) in [5.41, 5.74) is 13.1. The Balaban J connectivity index is 2.93. The van der Waals surface area contributed by atoms with Crippen LogP contribution in [0.5, 0.6) is 0 Å². The van der Waals surface area contributed by atoms with Crippen LogP contribution in [-0.4, -0.2) is 5.11 Å². The Labute approximate surface area is 78.4 Å². The van der Waals surface area contributed by atoms with Crippen molar-refractivity contribution in [2.75, 3.05) is 11.5 Å². The molecule has 0 radical (unpaired) electrons. The lowest BCUT2D eigenvalue weighted by Crippen LogP contribution is -2.04. The van der Waals surface area contributed by atoms with Crippen molar-refractivity contribution < 1.29 is 5.11 Å². The van der Waals surface area contributed by atoms with Gasteiger partial charge in [-0.05, 0) is 12.5 Å². The highest BCUT2D eigenvalue weighted by Crippen LogP contribution is 2.27. The van der Waals surface area contributed by atoms with Gasteiger partial charge in [0.25, 0.3) is 0 Å². The molecule has 72 valence electrons. The number of hydrogen-bond donors (Lipinski definition) is 3. The summed E-state index contributed by atoms with van der Waals surface area (Å²) >= 11 is 0. The van der Waals surface area contributed by atoms with Gasteiger partial charge in [-0.2, -0.15) is 0 Å². The molecular formula is C10H16N2O. The molecule has 0 fully saturated rings. The highest BCUT2D eigenvalue weighted by molar-refractivity contribution is 5.67. The van der Waals surface area contributed by atoms with Gasteiger partial charge in [-0.15, -0.1) is 0 Å². The zero-order valence-electron chi connectivity index (χ0n) is 7.83. The van der Waals surface area contributed by atoms with Gasteiger partial charge in [-0.3, -0.25) is 0 Å². The number of rotatable bonds is 3.